The van der Waals surface area contributed by atoms with Crippen LogP contribution < -0.4 is 0 Å². The summed E-state index contributed by atoms with van der Waals surface area (Å²) in [5, 5.41) is 7.89. The second-order valence-electron chi connectivity index (χ2n) is 2.51. The molecule has 0 saturated heterocycles. The first kappa shape index (κ1) is 24.7. The molecular weight excluding hydrogens is 256 g/mol. The van der Waals surface area contributed by atoms with Crippen molar-refractivity contribution in [2.75, 3.05) is 14.2 Å². The van der Waals surface area contributed by atoms with Crippen LogP contribution in [0.25, 0.3) is 0 Å². The van der Waals surface area contributed by atoms with Crippen molar-refractivity contribution in [1.82, 2.24) is 0 Å². The fraction of sp³-hybridized carbons (Fsp3) is 0.444. The molecule has 0 radical (unpaired) electrons. The minimum absolute atomic E-state index is 0. The summed E-state index contributed by atoms with van der Waals surface area (Å²) in [7, 11) is 2.03. The number of carbonyl (C=O) groups is 1. The molecular formula is C9H26O4Si3. The Kier molecular flexibility index (Phi) is 26.1. The van der Waals surface area contributed by atoms with E-state index in [1.165, 1.54) is 6.92 Å². The van der Waals surface area contributed by atoms with Crippen LogP contribution in [0.15, 0.2) is 24.8 Å². The Morgan fingerprint density at radius 3 is 1.75 bits per heavy atom. The van der Waals surface area contributed by atoms with E-state index in [9.17, 15) is 4.79 Å². The lowest BCUT2D eigenvalue weighted by Gasteiger charge is -2.05. The van der Waals surface area contributed by atoms with E-state index in [0.717, 1.165) is 6.04 Å². The summed E-state index contributed by atoms with van der Waals surface area (Å²) in [5.41, 5.74) is 0.176. The molecule has 0 bridgehead atoms. The van der Waals surface area contributed by atoms with Crippen molar-refractivity contribution in [2.45, 2.75) is 13.0 Å². The third-order valence-corrected chi connectivity index (χ3v) is 3.02. The van der Waals surface area contributed by atoms with Gasteiger partial charge < -0.3 is 14.0 Å². The zero-order valence-electron chi connectivity index (χ0n) is 8.95. The third kappa shape index (κ3) is 19.1. The van der Waals surface area contributed by atoms with E-state index in [1.807, 2.05) is 6.08 Å². The fourth-order valence-corrected chi connectivity index (χ4v) is 1.27. The number of aliphatic carboxylic acids is 1. The Morgan fingerprint density at radius 2 is 1.69 bits per heavy atom. The molecule has 0 aromatic carbocycles. The van der Waals surface area contributed by atoms with Crippen molar-refractivity contribution in [2.24, 2.45) is 0 Å². The topological polar surface area (TPSA) is 55.8 Å². The highest BCUT2D eigenvalue weighted by molar-refractivity contribution is 6.44. The van der Waals surface area contributed by atoms with Gasteiger partial charge in [0, 0.05) is 25.8 Å². The molecule has 0 unspecified atom stereocenters. The third-order valence-electron chi connectivity index (χ3n) is 1.25. The van der Waals surface area contributed by atoms with E-state index >= 15 is 0 Å². The van der Waals surface area contributed by atoms with Crippen molar-refractivity contribution in [1.29, 1.82) is 0 Å². The summed E-state index contributed by atoms with van der Waals surface area (Å²) in [5.74, 6) is -0.935. The molecule has 7 heteroatoms. The van der Waals surface area contributed by atoms with Gasteiger partial charge in [-0.2, -0.15) is 0 Å². The van der Waals surface area contributed by atoms with Gasteiger partial charge in [-0.25, -0.2) is 4.79 Å². The molecule has 0 rings (SSSR count). The van der Waals surface area contributed by atoms with Crippen molar-refractivity contribution >= 4 is 37.2 Å². The average Bonchev–Trinajstić information content (AvgIpc) is 2.15. The lowest BCUT2D eigenvalue weighted by Crippen LogP contribution is -2.16. The number of carboxylic acids is 1. The first-order chi connectivity index (χ1) is 6.49. The van der Waals surface area contributed by atoms with E-state index in [0.29, 0.717) is 0 Å². The van der Waals surface area contributed by atoms with Gasteiger partial charge in [-0.3, -0.25) is 0 Å². The van der Waals surface area contributed by atoms with E-state index in [1.54, 1.807) is 14.2 Å². The number of hydrogen-bond acceptors (Lipinski definition) is 3. The maximum atomic E-state index is 9.60. The van der Waals surface area contributed by atoms with Crippen LogP contribution >= 0.6 is 0 Å². The molecule has 98 valence electrons. The smallest absolute Gasteiger partial charge is 0.330 e. The zero-order chi connectivity index (χ0) is 11.6. The molecule has 0 amide bonds. The van der Waals surface area contributed by atoms with Gasteiger partial charge in [-0.1, -0.05) is 12.7 Å². The highest BCUT2D eigenvalue weighted by Gasteiger charge is 2.03. The van der Waals surface area contributed by atoms with Gasteiger partial charge in [-0.05, 0) is 28.9 Å². The normalized spacial score (nSPS) is 7.75. The van der Waals surface area contributed by atoms with Crippen molar-refractivity contribution < 1.29 is 18.8 Å². The molecule has 4 nitrogen and oxygen atoms in total. The summed E-state index contributed by atoms with van der Waals surface area (Å²) in [6.07, 6.45) is 1.82. The predicted octanol–water partition coefficient (Wildman–Crippen LogP) is -1.57. The highest BCUT2D eigenvalue weighted by atomic mass is 28.3. The van der Waals surface area contributed by atoms with Crippen LogP contribution in [0.2, 0.25) is 6.04 Å². The van der Waals surface area contributed by atoms with Gasteiger partial charge in [0.05, 0.1) is 0 Å². The fourth-order valence-electron chi connectivity index (χ4n) is 0.425. The maximum Gasteiger partial charge on any atom is 0.330 e. The standard InChI is InChI=1S/C5H12O2Si.C4H6O2.2H4Si/c1-4-5-8(6-2)7-3;1-3(2)4(5)6;;/h4,8H,1,5H2,2-3H3;1H2,2H3,(H,5,6);2*1H4. The van der Waals surface area contributed by atoms with Gasteiger partial charge in [0.15, 0.2) is 0 Å². The van der Waals surface area contributed by atoms with E-state index in [4.69, 9.17) is 14.0 Å². The lowest BCUT2D eigenvalue weighted by atomic mass is 10.4. The van der Waals surface area contributed by atoms with Crippen molar-refractivity contribution in [3.8, 4) is 0 Å². The summed E-state index contributed by atoms with van der Waals surface area (Å²) < 4.78 is 9.97. The SMILES string of the molecule is C=C(C)C(=O)O.C=CC[SiH](OC)OC.[SiH4].[SiH4]. The predicted molar refractivity (Wildman–Crippen MR) is 81.3 cm³/mol. The first-order valence-electron chi connectivity index (χ1n) is 4.04. The molecule has 0 atom stereocenters. The Labute approximate surface area is 108 Å². The first-order valence-corrected chi connectivity index (χ1v) is 5.80. The molecule has 0 fully saturated rings. The Morgan fingerprint density at radius 1 is 1.38 bits per heavy atom. The number of allylic oxidation sites excluding steroid dienone is 1. The second-order valence-corrected chi connectivity index (χ2v) is 4.78. The molecule has 0 aromatic rings. The molecule has 0 heterocycles. The molecule has 0 aliphatic heterocycles. The number of hydrogen-bond donors (Lipinski definition) is 1. The summed E-state index contributed by atoms with van der Waals surface area (Å²) in [4.78, 5) is 9.60. The minimum Gasteiger partial charge on any atom is -0.478 e. The van der Waals surface area contributed by atoms with Gasteiger partial charge in [0.2, 0.25) is 0 Å². The van der Waals surface area contributed by atoms with E-state index < -0.39 is 15.3 Å². The van der Waals surface area contributed by atoms with Crippen LogP contribution in [0.4, 0.5) is 0 Å². The van der Waals surface area contributed by atoms with Crippen LogP contribution in [0, 0.1) is 0 Å². The molecule has 1 N–H and O–H groups in total. The Balaban J connectivity index is -0.0000000825. The largest absolute Gasteiger partial charge is 0.478 e. The van der Waals surface area contributed by atoms with Gasteiger partial charge >= 0.3 is 15.3 Å². The minimum atomic E-state index is -1.31. The molecule has 0 saturated carbocycles. The number of carboxylic acid groups (broad SMARTS) is 1. The van der Waals surface area contributed by atoms with E-state index in [-0.39, 0.29) is 27.5 Å². The molecule has 0 aliphatic rings. The highest BCUT2D eigenvalue weighted by Crippen LogP contribution is 1.92. The summed E-state index contributed by atoms with van der Waals surface area (Å²) >= 11 is 0. The zero-order valence-corrected chi connectivity index (χ0v) is 10.1. The Bertz CT molecular complexity index is 181. The molecule has 0 spiro atoms. The van der Waals surface area contributed by atoms with Crippen molar-refractivity contribution in [3.05, 3.63) is 24.8 Å². The van der Waals surface area contributed by atoms with Gasteiger partial charge in [0.1, 0.15) is 0 Å². The van der Waals surface area contributed by atoms with Crippen LogP contribution in [0.3, 0.4) is 0 Å². The quantitative estimate of drug-likeness (QED) is 0.376. The van der Waals surface area contributed by atoms with Gasteiger partial charge in [-0.15, -0.1) is 6.58 Å². The maximum absolute atomic E-state index is 9.60. The second kappa shape index (κ2) is 16.9. The van der Waals surface area contributed by atoms with Crippen LogP contribution in [0.1, 0.15) is 6.92 Å². The monoisotopic (exact) mass is 282 g/mol. The van der Waals surface area contributed by atoms with Gasteiger partial charge in [0.25, 0.3) is 0 Å². The van der Waals surface area contributed by atoms with E-state index in [2.05, 4.69) is 13.2 Å². The van der Waals surface area contributed by atoms with Crippen LogP contribution in [-0.2, 0) is 13.6 Å². The lowest BCUT2D eigenvalue weighted by molar-refractivity contribution is -0.132. The molecule has 0 aliphatic carbocycles. The average molecular weight is 283 g/mol. The summed E-state index contributed by atoms with van der Waals surface area (Å²) in [6, 6.07) is 0.882. The van der Waals surface area contributed by atoms with Crippen LogP contribution in [0.5, 0.6) is 0 Å². The number of rotatable bonds is 5. The molecule has 0 aromatic heterocycles. The van der Waals surface area contributed by atoms with Crippen molar-refractivity contribution in [3.63, 3.8) is 0 Å². The molecule has 16 heavy (non-hydrogen) atoms. The Hall–Kier alpha value is -0.479. The van der Waals surface area contributed by atoms with Crippen LogP contribution in [-0.4, -0.2) is 56.5 Å². The summed E-state index contributed by atoms with van der Waals surface area (Å²) in [6.45, 7) is 8.17.